The Morgan fingerprint density at radius 1 is 1.29 bits per heavy atom. The summed E-state index contributed by atoms with van der Waals surface area (Å²) in [5.41, 5.74) is 8.42. The van der Waals surface area contributed by atoms with Crippen molar-refractivity contribution in [3.8, 4) is 11.6 Å². The number of aromatic nitrogens is 2. The number of hydrogen-bond acceptors (Lipinski definition) is 4. The molecule has 0 aliphatic carbocycles. The van der Waals surface area contributed by atoms with E-state index < -0.39 is 0 Å². The van der Waals surface area contributed by atoms with Crippen LogP contribution >= 0.6 is 0 Å². The molecule has 0 saturated heterocycles. The van der Waals surface area contributed by atoms with Crippen molar-refractivity contribution in [3.05, 3.63) is 41.9 Å². The van der Waals surface area contributed by atoms with E-state index in [0.717, 1.165) is 17.7 Å². The number of nitrogens with zero attached hydrogens (tertiary/aromatic N) is 2. The number of para-hydroxylation sites is 1. The summed E-state index contributed by atoms with van der Waals surface area (Å²) < 4.78 is 5.71. The van der Waals surface area contributed by atoms with E-state index in [2.05, 4.69) is 9.97 Å². The van der Waals surface area contributed by atoms with Crippen LogP contribution in [0.1, 0.15) is 18.2 Å². The summed E-state index contributed by atoms with van der Waals surface area (Å²) in [6.07, 6.45) is 2.35. The van der Waals surface area contributed by atoms with E-state index in [1.165, 1.54) is 6.33 Å². The number of nitrogen functional groups attached to an aromatic ring is 1. The fraction of sp³-hybridized carbons (Fsp3) is 0.231. The van der Waals surface area contributed by atoms with Gasteiger partial charge < -0.3 is 10.5 Å². The van der Waals surface area contributed by atoms with Crippen LogP contribution in [0.2, 0.25) is 0 Å². The SMILES string of the molecule is CCc1cc(Oc2c(C)cccc2N)ncn1. The maximum atomic E-state index is 5.87. The van der Waals surface area contributed by atoms with Crippen molar-refractivity contribution in [2.75, 3.05) is 5.73 Å². The minimum Gasteiger partial charge on any atom is -0.436 e. The third-order valence-electron chi connectivity index (χ3n) is 2.51. The Kier molecular flexibility index (Phi) is 3.23. The Labute approximate surface area is 100 Å². The van der Waals surface area contributed by atoms with Crippen molar-refractivity contribution in [2.45, 2.75) is 20.3 Å². The Morgan fingerprint density at radius 3 is 2.82 bits per heavy atom. The molecule has 0 unspecified atom stereocenters. The maximum Gasteiger partial charge on any atom is 0.222 e. The van der Waals surface area contributed by atoms with E-state index in [9.17, 15) is 0 Å². The van der Waals surface area contributed by atoms with Gasteiger partial charge >= 0.3 is 0 Å². The van der Waals surface area contributed by atoms with Gasteiger partial charge in [-0.1, -0.05) is 19.1 Å². The zero-order valence-corrected chi connectivity index (χ0v) is 9.97. The molecule has 2 N–H and O–H groups in total. The van der Waals surface area contributed by atoms with E-state index in [0.29, 0.717) is 17.3 Å². The lowest BCUT2D eigenvalue weighted by molar-refractivity contribution is 0.459. The van der Waals surface area contributed by atoms with Gasteiger partial charge in [0, 0.05) is 11.8 Å². The molecular formula is C13H15N3O. The van der Waals surface area contributed by atoms with Crippen LogP contribution in [-0.4, -0.2) is 9.97 Å². The molecule has 1 aromatic heterocycles. The number of hydrogen-bond donors (Lipinski definition) is 1. The van der Waals surface area contributed by atoms with Crippen LogP contribution in [0.4, 0.5) is 5.69 Å². The molecule has 1 heterocycles. The van der Waals surface area contributed by atoms with Crippen molar-refractivity contribution >= 4 is 5.69 Å². The molecule has 0 fully saturated rings. The highest BCUT2D eigenvalue weighted by molar-refractivity contribution is 5.57. The maximum absolute atomic E-state index is 5.87. The number of ether oxygens (including phenoxy) is 1. The van der Waals surface area contributed by atoms with Crippen molar-refractivity contribution in [1.82, 2.24) is 9.97 Å². The molecule has 0 aliphatic heterocycles. The summed E-state index contributed by atoms with van der Waals surface area (Å²) in [6, 6.07) is 7.48. The van der Waals surface area contributed by atoms with Gasteiger partial charge in [0.25, 0.3) is 0 Å². The number of rotatable bonds is 3. The van der Waals surface area contributed by atoms with Gasteiger partial charge in [-0.05, 0) is 25.0 Å². The normalized spacial score (nSPS) is 10.2. The number of aryl methyl sites for hydroxylation is 2. The Balaban J connectivity index is 2.31. The minimum atomic E-state index is 0.526. The summed E-state index contributed by atoms with van der Waals surface area (Å²) in [7, 11) is 0. The molecule has 2 rings (SSSR count). The van der Waals surface area contributed by atoms with E-state index in [4.69, 9.17) is 10.5 Å². The topological polar surface area (TPSA) is 61.0 Å². The average Bonchev–Trinajstić information content (AvgIpc) is 2.34. The third-order valence-corrected chi connectivity index (χ3v) is 2.51. The molecule has 2 aromatic rings. The smallest absolute Gasteiger partial charge is 0.222 e. The quantitative estimate of drug-likeness (QED) is 0.822. The molecule has 0 amide bonds. The van der Waals surface area contributed by atoms with Crippen molar-refractivity contribution < 1.29 is 4.74 Å². The number of nitrogens with two attached hydrogens (primary N) is 1. The van der Waals surface area contributed by atoms with Crippen LogP contribution in [0.3, 0.4) is 0 Å². The molecular weight excluding hydrogens is 214 g/mol. The molecule has 0 radical (unpaired) electrons. The number of anilines is 1. The van der Waals surface area contributed by atoms with Crippen LogP contribution in [0, 0.1) is 6.92 Å². The molecule has 0 atom stereocenters. The fourth-order valence-electron chi connectivity index (χ4n) is 1.55. The predicted molar refractivity (Wildman–Crippen MR) is 67.1 cm³/mol. The number of benzene rings is 1. The van der Waals surface area contributed by atoms with Gasteiger partial charge in [0.2, 0.25) is 5.88 Å². The van der Waals surface area contributed by atoms with E-state index in [1.807, 2.05) is 38.1 Å². The largest absolute Gasteiger partial charge is 0.436 e. The van der Waals surface area contributed by atoms with Gasteiger partial charge in [0.05, 0.1) is 5.69 Å². The third kappa shape index (κ3) is 2.53. The Morgan fingerprint density at radius 2 is 2.12 bits per heavy atom. The van der Waals surface area contributed by atoms with Gasteiger partial charge in [-0.3, -0.25) is 0 Å². The van der Waals surface area contributed by atoms with Crippen LogP contribution in [0.5, 0.6) is 11.6 Å². The highest BCUT2D eigenvalue weighted by atomic mass is 16.5. The molecule has 4 heteroatoms. The molecule has 0 aliphatic rings. The van der Waals surface area contributed by atoms with Crippen molar-refractivity contribution in [3.63, 3.8) is 0 Å². The fourth-order valence-corrected chi connectivity index (χ4v) is 1.55. The Hall–Kier alpha value is -2.10. The predicted octanol–water partition coefficient (Wildman–Crippen LogP) is 2.72. The van der Waals surface area contributed by atoms with Gasteiger partial charge in [-0.2, -0.15) is 0 Å². The summed E-state index contributed by atoms with van der Waals surface area (Å²) in [5.74, 6) is 1.19. The molecule has 0 bridgehead atoms. The summed E-state index contributed by atoms with van der Waals surface area (Å²) in [4.78, 5) is 8.20. The standard InChI is InChI=1S/C13H15N3O/c1-3-10-7-12(16-8-15-10)17-13-9(2)5-4-6-11(13)14/h4-8H,3,14H2,1-2H3. The monoisotopic (exact) mass is 229 g/mol. The molecule has 0 saturated carbocycles. The lowest BCUT2D eigenvalue weighted by Gasteiger charge is -2.10. The van der Waals surface area contributed by atoms with Crippen LogP contribution in [-0.2, 0) is 6.42 Å². The van der Waals surface area contributed by atoms with Gasteiger partial charge in [0.15, 0.2) is 5.75 Å². The average molecular weight is 229 g/mol. The lowest BCUT2D eigenvalue weighted by Crippen LogP contribution is -1.97. The first-order valence-corrected chi connectivity index (χ1v) is 5.54. The van der Waals surface area contributed by atoms with E-state index in [-0.39, 0.29) is 0 Å². The Bertz CT molecular complexity index is 506. The van der Waals surface area contributed by atoms with Crippen LogP contribution < -0.4 is 10.5 Å². The molecule has 1 aromatic carbocycles. The first-order chi connectivity index (χ1) is 8.20. The van der Waals surface area contributed by atoms with Crippen LogP contribution in [0.25, 0.3) is 0 Å². The highest BCUT2D eigenvalue weighted by Gasteiger charge is 2.06. The van der Waals surface area contributed by atoms with Gasteiger partial charge in [-0.25, -0.2) is 9.97 Å². The molecule has 0 spiro atoms. The summed E-state index contributed by atoms with van der Waals surface area (Å²) in [5, 5.41) is 0. The van der Waals surface area contributed by atoms with E-state index >= 15 is 0 Å². The summed E-state index contributed by atoms with van der Waals surface area (Å²) >= 11 is 0. The molecule has 88 valence electrons. The minimum absolute atomic E-state index is 0.526. The molecule has 4 nitrogen and oxygen atoms in total. The second-order valence-corrected chi connectivity index (χ2v) is 3.80. The van der Waals surface area contributed by atoms with Crippen LogP contribution in [0.15, 0.2) is 30.6 Å². The second kappa shape index (κ2) is 4.82. The van der Waals surface area contributed by atoms with Crippen molar-refractivity contribution in [1.29, 1.82) is 0 Å². The van der Waals surface area contributed by atoms with Gasteiger partial charge in [0.1, 0.15) is 6.33 Å². The zero-order chi connectivity index (χ0) is 12.3. The lowest BCUT2D eigenvalue weighted by atomic mass is 10.2. The van der Waals surface area contributed by atoms with E-state index in [1.54, 1.807) is 0 Å². The first kappa shape index (κ1) is 11.4. The first-order valence-electron chi connectivity index (χ1n) is 5.54. The zero-order valence-electron chi connectivity index (χ0n) is 9.97. The summed E-state index contributed by atoms with van der Waals surface area (Å²) in [6.45, 7) is 3.99. The van der Waals surface area contributed by atoms with Crippen molar-refractivity contribution in [2.24, 2.45) is 0 Å². The highest BCUT2D eigenvalue weighted by Crippen LogP contribution is 2.29. The molecule has 17 heavy (non-hydrogen) atoms. The van der Waals surface area contributed by atoms with Gasteiger partial charge in [-0.15, -0.1) is 0 Å². The second-order valence-electron chi connectivity index (χ2n) is 3.80.